The molecule has 0 heterocycles. The third-order valence-corrected chi connectivity index (χ3v) is 12.2. The first-order valence-corrected chi connectivity index (χ1v) is 26.2. The largest absolute Gasteiger partial charge is 0.374 e. The normalized spacial score (nSPS) is 12.6. The first kappa shape index (κ1) is 57.4. The lowest BCUT2D eigenvalue weighted by Crippen LogP contribution is -2.57. The van der Waals surface area contributed by atoms with E-state index in [1.165, 1.54) is 135 Å². The molecule has 0 aliphatic carbocycles. The van der Waals surface area contributed by atoms with E-state index in [0.717, 1.165) is 49.7 Å². The molecule has 0 aliphatic rings. The van der Waals surface area contributed by atoms with Crippen LogP contribution in [-0.4, -0.2) is 61.5 Å². The van der Waals surface area contributed by atoms with Gasteiger partial charge < -0.3 is 30.7 Å². The molecule has 0 spiro atoms. The fourth-order valence-electron chi connectivity index (χ4n) is 8.00. The summed E-state index contributed by atoms with van der Waals surface area (Å²) in [5.41, 5.74) is 1.90. The molecule has 0 radical (unpaired) electrons. The van der Waals surface area contributed by atoms with Crippen molar-refractivity contribution in [1.82, 2.24) is 21.3 Å². The number of hydrogen-bond donors (Lipinski definition) is 4. The molecule has 0 aromatic heterocycles. The second-order valence-corrected chi connectivity index (χ2v) is 18.3. The van der Waals surface area contributed by atoms with E-state index in [0.29, 0.717) is 13.0 Å². The van der Waals surface area contributed by atoms with E-state index in [4.69, 9.17) is 9.47 Å². The van der Waals surface area contributed by atoms with Crippen LogP contribution in [0.5, 0.6) is 0 Å². The summed E-state index contributed by atoms with van der Waals surface area (Å²) < 4.78 is 11.8. The number of carbonyl (C=O) groups is 4. The minimum Gasteiger partial charge on any atom is -0.374 e. The van der Waals surface area contributed by atoms with Crippen LogP contribution in [0.25, 0.3) is 0 Å². The molecule has 2 aromatic rings. The Balaban J connectivity index is 1.83. The molecule has 10 nitrogen and oxygen atoms in total. The average Bonchev–Trinajstić information content (AvgIpc) is 3.31. The van der Waals surface area contributed by atoms with Gasteiger partial charge in [0.15, 0.2) is 0 Å². The Labute approximate surface area is 395 Å². The number of carbonyl (C=O) groups excluding carboxylic acids is 4. The van der Waals surface area contributed by atoms with Crippen LogP contribution in [0.4, 0.5) is 0 Å². The summed E-state index contributed by atoms with van der Waals surface area (Å²) in [7, 11) is 0. The lowest BCUT2D eigenvalue weighted by molar-refractivity contribution is -0.135. The average molecular weight is 905 g/mol. The fraction of sp³-hybridized carbons (Fsp3) is 0.709. The summed E-state index contributed by atoms with van der Waals surface area (Å²) in [4.78, 5) is 53.7. The molecule has 368 valence electrons. The molecule has 0 fully saturated rings. The van der Waals surface area contributed by atoms with Crippen LogP contribution in [0.2, 0.25) is 0 Å². The minimum absolute atomic E-state index is 0.0307. The molecule has 4 N–H and O–H groups in total. The molecular weight excluding hydrogens is 813 g/mol. The molecule has 3 atom stereocenters. The summed E-state index contributed by atoms with van der Waals surface area (Å²) >= 11 is 0. The number of hydrogen-bond acceptors (Lipinski definition) is 6. The second-order valence-electron chi connectivity index (χ2n) is 18.3. The van der Waals surface area contributed by atoms with Crippen LogP contribution in [-0.2, 0) is 41.9 Å². The van der Waals surface area contributed by atoms with Gasteiger partial charge in [-0.3, -0.25) is 19.2 Å². The van der Waals surface area contributed by atoms with E-state index < -0.39 is 29.9 Å². The van der Waals surface area contributed by atoms with Gasteiger partial charge in [0.25, 0.3) is 0 Å². The molecule has 65 heavy (non-hydrogen) atoms. The van der Waals surface area contributed by atoms with Crippen molar-refractivity contribution in [3.63, 3.8) is 0 Å². The third kappa shape index (κ3) is 31.7. The number of benzene rings is 2. The first-order chi connectivity index (χ1) is 31.8. The van der Waals surface area contributed by atoms with Crippen LogP contribution >= 0.6 is 0 Å². The van der Waals surface area contributed by atoms with Crippen molar-refractivity contribution in [2.75, 3.05) is 19.8 Å². The molecular formula is C55H92N4O6. The van der Waals surface area contributed by atoms with Crippen LogP contribution in [0, 0.1) is 0 Å². The minimum atomic E-state index is -0.998. The Morgan fingerprint density at radius 1 is 0.431 bits per heavy atom. The Kier molecular flexibility index (Phi) is 35.8. The highest BCUT2D eigenvalue weighted by molar-refractivity contribution is 5.94. The zero-order chi connectivity index (χ0) is 46.8. The molecule has 2 rings (SSSR count). The van der Waals surface area contributed by atoms with Gasteiger partial charge in [-0.2, -0.15) is 0 Å². The molecule has 0 saturated carbocycles. The summed E-state index contributed by atoms with van der Waals surface area (Å²) in [6.45, 7) is 7.06. The number of amides is 4. The molecule has 0 unspecified atom stereocenters. The summed E-state index contributed by atoms with van der Waals surface area (Å²) in [5.74, 6) is -1.61. The van der Waals surface area contributed by atoms with Crippen molar-refractivity contribution >= 4 is 23.6 Å². The van der Waals surface area contributed by atoms with E-state index in [9.17, 15) is 19.2 Å². The number of rotatable bonds is 43. The number of ether oxygens (including phenoxy) is 2. The summed E-state index contributed by atoms with van der Waals surface area (Å²) in [6, 6.07) is 16.3. The van der Waals surface area contributed by atoms with Gasteiger partial charge in [-0.15, -0.1) is 0 Å². The highest BCUT2D eigenvalue weighted by Gasteiger charge is 2.28. The van der Waals surface area contributed by atoms with Gasteiger partial charge in [0.2, 0.25) is 23.6 Å². The maximum Gasteiger partial charge on any atom is 0.245 e. The van der Waals surface area contributed by atoms with Gasteiger partial charge in [0.05, 0.1) is 26.4 Å². The standard InChI is InChI=1S/C55H92N4O6/c1-4-6-8-10-12-14-16-18-20-22-24-26-28-36-42-56-54(62)50(45-64-43-48-37-31-29-32-38-48)59-53(61)47(3)57-55(63)51(46-65-44-49-39-33-30-34-40-49)58-52(60)41-35-27-25-23-21-19-17-15-13-11-9-7-5-2/h29-34,37-40,47,50-51H,4-28,35-36,41-46H2,1-3H3,(H,56,62)(H,57,63)(H,58,60)(H,59,61)/t47-,50-,51-/m0/s1. The molecule has 0 saturated heterocycles. The topological polar surface area (TPSA) is 135 Å². The smallest absolute Gasteiger partial charge is 0.245 e. The Hall–Kier alpha value is -3.76. The van der Waals surface area contributed by atoms with Crippen molar-refractivity contribution in [3.05, 3.63) is 71.8 Å². The fourth-order valence-corrected chi connectivity index (χ4v) is 8.00. The lowest BCUT2D eigenvalue weighted by atomic mass is 10.0. The highest BCUT2D eigenvalue weighted by Crippen LogP contribution is 2.15. The first-order valence-electron chi connectivity index (χ1n) is 26.2. The van der Waals surface area contributed by atoms with Crippen LogP contribution in [0.3, 0.4) is 0 Å². The van der Waals surface area contributed by atoms with Crippen molar-refractivity contribution in [1.29, 1.82) is 0 Å². The van der Waals surface area contributed by atoms with Gasteiger partial charge in [0.1, 0.15) is 18.1 Å². The van der Waals surface area contributed by atoms with Crippen molar-refractivity contribution in [3.8, 4) is 0 Å². The predicted octanol–water partition coefficient (Wildman–Crippen LogP) is 12.0. The Morgan fingerprint density at radius 3 is 1.22 bits per heavy atom. The predicted molar refractivity (Wildman–Crippen MR) is 267 cm³/mol. The monoisotopic (exact) mass is 905 g/mol. The molecule has 4 amide bonds. The Morgan fingerprint density at radius 2 is 0.800 bits per heavy atom. The van der Waals surface area contributed by atoms with E-state index >= 15 is 0 Å². The van der Waals surface area contributed by atoms with E-state index in [-0.39, 0.29) is 38.2 Å². The molecule has 10 heteroatoms. The van der Waals surface area contributed by atoms with Gasteiger partial charge in [-0.25, -0.2) is 0 Å². The van der Waals surface area contributed by atoms with Gasteiger partial charge >= 0.3 is 0 Å². The summed E-state index contributed by atoms with van der Waals surface area (Å²) in [6.07, 6.45) is 33.8. The maximum atomic E-state index is 13.7. The van der Waals surface area contributed by atoms with Crippen molar-refractivity contribution in [2.45, 2.75) is 232 Å². The highest BCUT2D eigenvalue weighted by atomic mass is 16.5. The zero-order valence-electron chi connectivity index (χ0n) is 41.3. The van der Waals surface area contributed by atoms with Crippen LogP contribution < -0.4 is 21.3 Å². The van der Waals surface area contributed by atoms with E-state index in [1.54, 1.807) is 6.92 Å². The SMILES string of the molecule is CCCCCCCCCCCCCCCCNC(=O)[C@H](COCc1ccccc1)NC(=O)[C@H](C)NC(=O)[C@H](COCc1ccccc1)NC(=O)CCCCCCCCCCCCCCC. The van der Waals surface area contributed by atoms with Crippen molar-refractivity contribution < 1.29 is 28.7 Å². The lowest BCUT2D eigenvalue weighted by Gasteiger charge is -2.24. The van der Waals surface area contributed by atoms with Gasteiger partial charge in [-0.05, 0) is 30.9 Å². The van der Waals surface area contributed by atoms with Crippen LogP contribution in [0.1, 0.15) is 212 Å². The second kappa shape index (κ2) is 40.5. The Bertz CT molecular complexity index is 1460. The molecule has 2 aromatic carbocycles. The quantitative estimate of drug-likeness (QED) is 0.0490. The van der Waals surface area contributed by atoms with E-state index in [2.05, 4.69) is 35.1 Å². The zero-order valence-corrected chi connectivity index (χ0v) is 41.3. The van der Waals surface area contributed by atoms with Crippen LogP contribution in [0.15, 0.2) is 60.7 Å². The van der Waals surface area contributed by atoms with Crippen molar-refractivity contribution in [2.24, 2.45) is 0 Å². The number of nitrogens with one attached hydrogen (secondary N) is 4. The maximum absolute atomic E-state index is 13.7. The van der Waals surface area contributed by atoms with Gasteiger partial charge in [-0.1, -0.05) is 235 Å². The third-order valence-electron chi connectivity index (χ3n) is 12.2. The summed E-state index contributed by atoms with van der Waals surface area (Å²) in [5, 5.41) is 11.4. The van der Waals surface area contributed by atoms with Gasteiger partial charge in [0, 0.05) is 13.0 Å². The molecule has 0 bridgehead atoms. The van der Waals surface area contributed by atoms with E-state index in [1.807, 2.05) is 60.7 Å². The molecule has 0 aliphatic heterocycles. The number of unbranched alkanes of at least 4 members (excludes halogenated alkanes) is 25.